The number of aromatic nitrogens is 3. The highest BCUT2D eigenvalue weighted by Crippen LogP contribution is 2.20. The first-order valence-electron chi connectivity index (χ1n) is 9.36. The van der Waals surface area contributed by atoms with Crippen molar-refractivity contribution in [1.29, 1.82) is 0 Å². The molecule has 0 radical (unpaired) electrons. The maximum absolute atomic E-state index is 12.4. The summed E-state index contributed by atoms with van der Waals surface area (Å²) in [6.45, 7) is 2.45. The number of pyridine rings is 1. The van der Waals surface area contributed by atoms with Crippen LogP contribution in [0.25, 0.3) is 22.4 Å². The van der Waals surface area contributed by atoms with E-state index in [4.69, 9.17) is 0 Å². The highest BCUT2D eigenvalue weighted by Gasteiger charge is 2.07. The zero-order chi connectivity index (χ0) is 20.1. The van der Waals surface area contributed by atoms with E-state index in [1.165, 1.54) is 0 Å². The summed E-state index contributed by atoms with van der Waals surface area (Å²) >= 11 is 0. The minimum Gasteiger partial charge on any atom is -0.348 e. The summed E-state index contributed by atoms with van der Waals surface area (Å²) in [5, 5.41) is 2.97. The van der Waals surface area contributed by atoms with Gasteiger partial charge in [-0.25, -0.2) is 0 Å². The van der Waals surface area contributed by atoms with Crippen LogP contribution in [0.15, 0.2) is 85.5 Å². The Balaban J connectivity index is 1.38. The van der Waals surface area contributed by atoms with E-state index in [1.807, 2.05) is 43.5 Å². The van der Waals surface area contributed by atoms with Gasteiger partial charge in [-0.15, -0.1) is 0 Å². The molecule has 2 heterocycles. The first kappa shape index (κ1) is 18.5. The third-order valence-corrected chi connectivity index (χ3v) is 4.64. The molecule has 142 valence electrons. The second kappa shape index (κ2) is 8.44. The van der Waals surface area contributed by atoms with Gasteiger partial charge in [0, 0.05) is 42.0 Å². The number of aryl methyl sites for hydroxylation is 1. The van der Waals surface area contributed by atoms with Gasteiger partial charge in [0.2, 0.25) is 0 Å². The summed E-state index contributed by atoms with van der Waals surface area (Å²) in [6, 6.07) is 19.6. The number of amides is 1. The third-order valence-electron chi connectivity index (χ3n) is 4.64. The average molecular weight is 380 g/mol. The minimum atomic E-state index is -0.107. The lowest BCUT2D eigenvalue weighted by molar-refractivity contribution is 0.0951. The molecular formula is C24H20N4O. The van der Waals surface area contributed by atoms with Crippen LogP contribution >= 0.6 is 0 Å². The van der Waals surface area contributed by atoms with Crippen LogP contribution in [0.3, 0.4) is 0 Å². The number of hydrogen-bond donors (Lipinski definition) is 1. The lowest BCUT2D eigenvalue weighted by Gasteiger charge is -2.08. The van der Waals surface area contributed by atoms with Crippen molar-refractivity contribution < 1.29 is 4.79 Å². The number of carbonyl (C=O) groups excluding carboxylic acids is 1. The molecule has 0 aliphatic carbocycles. The minimum absolute atomic E-state index is 0.107. The summed E-state index contributed by atoms with van der Waals surface area (Å²) < 4.78 is 0. The van der Waals surface area contributed by atoms with Gasteiger partial charge in [0.15, 0.2) is 0 Å². The summed E-state index contributed by atoms with van der Waals surface area (Å²) in [5.41, 5.74) is 6.62. The SMILES string of the molecule is Cc1cc(-c2ccc(CNC(=O)c3ccc(-c4cnccn4)cc3)cc2)ccn1. The van der Waals surface area contributed by atoms with Crippen molar-refractivity contribution in [2.75, 3.05) is 0 Å². The predicted octanol–water partition coefficient (Wildman–Crippen LogP) is 4.44. The van der Waals surface area contributed by atoms with Crippen molar-refractivity contribution in [3.8, 4) is 22.4 Å². The molecule has 4 rings (SSSR count). The van der Waals surface area contributed by atoms with Gasteiger partial charge < -0.3 is 5.32 Å². The van der Waals surface area contributed by atoms with Gasteiger partial charge in [0.05, 0.1) is 11.9 Å². The Morgan fingerprint density at radius 1 is 0.828 bits per heavy atom. The zero-order valence-electron chi connectivity index (χ0n) is 16.0. The van der Waals surface area contributed by atoms with Crippen LogP contribution in [0.4, 0.5) is 0 Å². The molecule has 0 aliphatic rings. The second-order valence-corrected chi connectivity index (χ2v) is 6.73. The molecule has 0 saturated carbocycles. The van der Waals surface area contributed by atoms with E-state index in [0.29, 0.717) is 12.1 Å². The van der Waals surface area contributed by atoms with Gasteiger partial charge in [-0.3, -0.25) is 19.7 Å². The molecule has 0 bridgehead atoms. The first-order valence-corrected chi connectivity index (χ1v) is 9.36. The average Bonchev–Trinajstić information content (AvgIpc) is 2.78. The second-order valence-electron chi connectivity index (χ2n) is 6.73. The smallest absolute Gasteiger partial charge is 0.251 e. The molecule has 2 aromatic carbocycles. The highest BCUT2D eigenvalue weighted by atomic mass is 16.1. The molecule has 0 atom stereocenters. The Hall–Kier alpha value is -3.86. The number of benzene rings is 2. The predicted molar refractivity (Wildman–Crippen MR) is 113 cm³/mol. The molecule has 1 N–H and O–H groups in total. The van der Waals surface area contributed by atoms with Crippen molar-refractivity contribution in [3.05, 3.63) is 102 Å². The van der Waals surface area contributed by atoms with E-state index in [0.717, 1.165) is 33.6 Å². The quantitative estimate of drug-likeness (QED) is 0.556. The van der Waals surface area contributed by atoms with E-state index in [2.05, 4.69) is 38.5 Å². The van der Waals surface area contributed by atoms with Crippen LogP contribution in [0.2, 0.25) is 0 Å². The Morgan fingerprint density at radius 2 is 1.59 bits per heavy atom. The molecule has 2 aromatic heterocycles. The highest BCUT2D eigenvalue weighted by molar-refractivity contribution is 5.94. The number of carbonyl (C=O) groups is 1. The normalized spacial score (nSPS) is 10.5. The Bertz CT molecular complexity index is 1110. The molecule has 0 spiro atoms. The molecule has 0 unspecified atom stereocenters. The van der Waals surface area contributed by atoms with Crippen molar-refractivity contribution in [2.24, 2.45) is 0 Å². The van der Waals surface area contributed by atoms with Crippen LogP contribution in [0.5, 0.6) is 0 Å². The van der Waals surface area contributed by atoms with Crippen molar-refractivity contribution in [3.63, 3.8) is 0 Å². The lowest BCUT2D eigenvalue weighted by Crippen LogP contribution is -2.22. The molecule has 0 aliphatic heterocycles. The van der Waals surface area contributed by atoms with Gasteiger partial charge >= 0.3 is 0 Å². The van der Waals surface area contributed by atoms with Gasteiger partial charge in [0.25, 0.3) is 5.91 Å². The van der Waals surface area contributed by atoms with E-state index >= 15 is 0 Å². The zero-order valence-corrected chi connectivity index (χ0v) is 16.0. The van der Waals surface area contributed by atoms with Crippen LogP contribution in [-0.4, -0.2) is 20.9 Å². The third kappa shape index (κ3) is 4.52. The fourth-order valence-corrected chi connectivity index (χ4v) is 3.07. The van der Waals surface area contributed by atoms with Crippen molar-refractivity contribution in [1.82, 2.24) is 20.3 Å². The van der Waals surface area contributed by atoms with Gasteiger partial charge in [0.1, 0.15) is 0 Å². The topological polar surface area (TPSA) is 67.8 Å². The van der Waals surface area contributed by atoms with Gasteiger partial charge in [-0.1, -0.05) is 36.4 Å². The Morgan fingerprint density at radius 3 is 2.28 bits per heavy atom. The van der Waals surface area contributed by atoms with Gasteiger partial charge in [-0.05, 0) is 47.9 Å². The van der Waals surface area contributed by atoms with Crippen LogP contribution in [0.1, 0.15) is 21.6 Å². The standard InChI is InChI=1S/C24H20N4O/c1-17-14-22(10-11-26-17)19-4-2-18(3-5-19)15-28-24(29)21-8-6-20(7-9-21)23-16-25-12-13-27-23/h2-14,16H,15H2,1H3,(H,28,29). The summed E-state index contributed by atoms with van der Waals surface area (Å²) in [5.74, 6) is -0.107. The van der Waals surface area contributed by atoms with E-state index in [1.54, 1.807) is 30.7 Å². The largest absolute Gasteiger partial charge is 0.348 e. The van der Waals surface area contributed by atoms with Crippen LogP contribution < -0.4 is 5.32 Å². The number of nitrogens with one attached hydrogen (secondary N) is 1. The Labute approximate surface area is 169 Å². The van der Waals surface area contributed by atoms with Crippen molar-refractivity contribution >= 4 is 5.91 Å². The fraction of sp³-hybridized carbons (Fsp3) is 0.0833. The van der Waals surface area contributed by atoms with Gasteiger partial charge in [-0.2, -0.15) is 0 Å². The monoisotopic (exact) mass is 380 g/mol. The summed E-state index contributed by atoms with van der Waals surface area (Å²) in [4.78, 5) is 25.0. The molecule has 0 saturated heterocycles. The molecular weight excluding hydrogens is 360 g/mol. The number of hydrogen-bond acceptors (Lipinski definition) is 4. The first-order chi connectivity index (χ1) is 14.2. The van der Waals surface area contributed by atoms with Crippen LogP contribution in [0, 0.1) is 6.92 Å². The number of rotatable bonds is 5. The molecule has 0 fully saturated rings. The maximum atomic E-state index is 12.4. The molecule has 4 aromatic rings. The molecule has 5 heteroatoms. The maximum Gasteiger partial charge on any atom is 0.251 e. The number of nitrogens with zero attached hydrogens (tertiary/aromatic N) is 3. The van der Waals surface area contributed by atoms with E-state index in [-0.39, 0.29) is 5.91 Å². The summed E-state index contributed by atoms with van der Waals surface area (Å²) in [7, 11) is 0. The van der Waals surface area contributed by atoms with Crippen molar-refractivity contribution in [2.45, 2.75) is 13.5 Å². The molecule has 29 heavy (non-hydrogen) atoms. The fourth-order valence-electron chi connectivity index (χ4n) is 3.07. The Kier molecular flexibility index (Phi) is 5.38. The molecule has 1 amide bonds. The van der Waals surface area contributed by atoms with E-state index in [9.17, 15) is 4.79 Å². The lowest BCUT2D eigenvalue weighted by atomic mass is 10.0. The summed E-state index contributed by atoms with van der Waals surface area (Å²) in [6.07, 6.45) is 6.80. The van der Waals surface area contributed by atoms with Crippen LogP contribution in [-0.2, 0) is 6.54 Å². The van der Waals surface area contributed by atoms with E-state index < -0.39 is 0 Å². The molecule has 5 nitrogen and oxygen atoms in total.